The summed E-state index contributed by atoms with van der Waals surface area (Å²) in [5.74, 6) is -0.149. The number of benzene rings is 1. The fourth-order valence-corrected chi connectivity index (χ4v) is 5.12. The van der Waals surface area contributed by atoms with Gasteiger partial charge in [0.15, 0.2) is 5.67 Å². The topological polar surface area (TPSA) is 85.1 Å². The second-order valence-corrected chi connectivity index (χ2v) is 8.65. The molecule has 1 aromatic carbocycles. The van der Waals surface area contributed by atoms with Crippen LogP contribution in [0, 0.1) is 12.8 Å². The molecule has 9 heteroatoms. The maximum atomic E-state index is 14.6. The van der Waals surface area contributed by atoms with Gasteiger partial charge in [0.2, 0.25) is 5.88 Å². The highest BCUT2D eigenvalue weighted by Gasteiger charge is 2.79. The lowest BCUT2D eigenvalue weighted by atomic mass is 9.97. The summed E-state index contributed by atoms with van der Waals surface area (Å²) in [6.45, 7) is 1.90. The Morgan fingerprint density at radius 3 is 2.74 bits per heavy atom. The minimum Gasteiger partial charge on any atom is -0.507 e. The molecule has 2 aromatic heterocycles. The number of piperidine rings is 2. The number of aromatic nitrogens is 4. The second kappa shape index (κ2) is 6.46. The van der Waals surface area contributed by atoms with Gasteiger partial charge in [0.25, 0.3) is 0 Å². The number of fused-ring (bicyclic) bond motifs is 5. The first-order valence-electron chi connectivity index (χ1n) is 10.4. The van der Waals surface area contributed by atoms with Crippen LogP contribution in [0.4, 0.5) is 8.78 Å². The summed E-state index contributed by atoms with van der Waals surface area (Å²) < 4.78 is 35.9. The van der Waals surface area contributed by atoms with E-state index in [0.29, 0.717) is 30.0 Å². The number of phenols is 1. The maximum Gasteiger partial charge on any atom is 0.233 e. The van der Waals surface area contributed by atoms with Gasteiger partial charge in [-0.1, -0.05) is 0 Å². The SMILES string of the molecule is Cc1ccn(-c2ccc(-c3ccc(OC4CC5NC(C4)C4(F)C(F)C54)nn3)c(O)c2)n1. The van der Waals surface area contributed by atoms with E-state index in [1.54, 1.807) is 28.9 Å². The van der Waals surface area contributed by atoms with E-state index >= 15 is 0 Å². The van der Waals surface area contributed by atoms with Crippen LogP contribution in [0.1, 0.15) is 18.5 Å². The second-order valence-electron chi connectivity index (χ2n) is 8.65. The van der Waals surface area contributed by atoms with E-state index in [2.05, 4.69) is 20.6 Å². The van der Waals surface area contributed by atoms with Crippen molar-refractivity contribution in [2.75, 3.05) is 0 Å². The molecule has 160 valence electrons. The van der Waals surface area contributed by atoms with E-state index in [-0.39, 0.29) is 17.9 Å². The van der Waals surface area contributed by atoms with Gasteiger partial charge < -0.3 is 15.2 Å². The van der Waals surface area contributed by atoms with Gasteiger partial charge in [-0.15, -0.1) is 10.2 Å². The Kier molecular flexibility index (Phi) is 3.89. The van der Waals surface area contributed by atoms with Crippen molar-refractivity contribution in [1.82, 2.24) is 25.3 Å². The molecule has 6 unspecified atom stereocenters. The van der Waals surface area contributed by atoms with E-state index < -0.39 is 23.8 Å². The summed E-state index contributed by atoms with van der Waals surface area (Å²) in [7, 11) is 0. The molecule has 2 saturated heterocycles. The van der Waals surface area contributed by atoms with Gasteiger partial charge in [-0.3, -0.25) is 0 Å². The molecule has 2 N–H and O–H groups in total. The quantitative estimate of drug-likeness (QED) is 0.669. The lowest BCUT2D eigenvalue weighted by Crippen LogP contribution is -2.49. The van der Waals surface area contributed by atoms with E-state index in [4.69, 9.17) is 4.74 Å². The number of aryl methyl sites for hydroxylation is 1. The van der Waals surface area contributed by atoms with Gasteiger partial charge in [0.05, 0.1) is 17.1 Å². The van der Waals surface area contributed by atoms with Crippen molar-refractivity contribution in [3.8, 4) is 28.6 Å². The Bertz CT molecular complexity index is 1150. The standard InChI is InChI=1S/C22H21F2N5O2/c1-11-6-7-29(28-11)12-2-3-14(17(30)8-12)15-4-5-19(27-26-15)31-13-9-16-20-21(23)22(20,24)18(10-13)25-16/h2-8,13,16,18,20-21,25,30H,9-10H2,1H3. The first kappa shape index (κ1) is 18.7. The normalized spacial score (nSPS) is 33.2. The van der Waals surface area contributed by atoms with Crippen molar-refractivity contribution in [1.29, 1.82) is 0 Å². The molecule has 6 rings (SSSR count). The largest absolute Gasteiger partial charge is 0.507 e. The molecule has 0 amide bonds. The zero-order chi connectivity index (χ0) is 21.3. The molecule has 1 saturated carbocycles. The highest BCUT2D eigenvalue weighted by atomic mass is 19.2. The number of phenolic OH excluding ortho intramolecular Hbond substituents is 1. The van der Waals surface area contributed by atoms with Crippen LogP contribution < -0.4 is 10.1 Å². The first-order valence-corrected chi connectivity index (χ1v) is 10.4. The van der Waals surface area contributed by atoms with E-state index in [9.17, 15) is 13.9 Å². The molecule has 3 aliphatic rings. The van der Waals surface area contributed by atoms with Crippen molar-refractivity contribution in [3.63, 3.8) is 0 Å². The summed E-state index contributed by atoms with van der Waals surface area (Å²) in [5, 5.41) is 26.3. The Balaban J connectivity index is 1.16. The van der Waals surface area contributed by atoms with Gasteiger partial charge in [-0.2, -0.15) is 5.10 Å². The van der Waals surface area contributed by atoms with Crippen molar-refractivity contribution < 1.29 is 18.6 Å². The molecule has 6 atom stereocenters. The van der Waals surface area contributed by atoms with Gasteiger partial charge in [-0.05, 0) is 31.2 Å². The van der Waals surface area contributed by atoms with Crippen LogP contribution in [0.25, 0.3) is 16.9 Å². The number of halogens is 2. The highest BCUT2D eigenvalue weighted by Crippen LogP contribution is 2.61. The molecular formula is C22H21F2N5O2. The molecule has 31 heavy (non-hydrogen) atoms. The number of hydrogen-bond donors (Lipinski definition) is 2. The zero-order valence-electron chi connectivity index (χ0n) is 16.7. The van der Waals surface area contributed by atoms with Crippen LogP contribution in [0.5, 0.6) is 11.6 Å². The number of aromatic hydroxyl groups is 1. The fraction of sp³-hybridized carbons (Fsp3) is 0.409. The molecule has 3 aromatic rings. The van der Waals surface area contributed by atoms with Crippen LogP contribution in [0.3, 0.4) is 0 Å². The summed E-state index contributed by atoms with van der Waals surface area (Å²) in [6, 6.07) is 9.81. The smallest absolute Gasteiger partial charge is 0.233 e. The molecule has 7 nitrogen and oxygen atoms in total. The average Bonchev–Trinajstić information content (AvgIpc) is 3.01. The van der Waals surface area contributed by atoms with Crippen molar-refractivity contribution in [3.05, 3.63) is 48.3 Å². The van der Waals surface area contributed by atoms with Crippen LogP contribution in [-0.2, 0) is 0 Å². The molecular weight excluding hydrogens is 404 g/mol. The lowest BCUT2D eigenvalue weighted by Gasteiger charge is -2.32. The molecule has 2 bridgehead atoms. The molecule has 0 radical (unpaired) electrons. The third kappa shape index (κ3) is 2.83. The Labute approximate surface area is 177 Å². The summed E-state index contributed by atoms with van der Waals surface area (Å²) in [4.78, 5) is 0. The number of nitrogens with zero attached hydrogens (tertiary/aromatic N) is 4. The zero-order valence-corrected chi connectivity index (χ0v) is 16.7. The predicted molar refractivity (Wildman–Crippen MR) is 108 cm³/mol. The summed E-state index contributed by atoms with van der Waals surface area (Å²) in [5.41, 5.74) is 0.941. The number of ether oxygens (including phenoxy) is 1. The van der Waals surface area contributed by atoms with Crippen LogP contribution in [-0.4, -0.2) is 55.1 Å². The first-order chi connectivity index (χ1) is 14.9. The summed E-state index contributed by atoms with van der Waals surface area (Å²) in [6.07, 6.45) is 1.20. The van der Waals surface area contributed by atoms with Gasteiger partial charge in [0.1, 0.15) is 18.0 Å². The third-order valence-electron chi connectivity index (χ3n) is 6.71. The minimum absolute atomic E-state index is 0.0665. The lowest BCUT2D eigenvalue weighted by molar-refractivity contribution is 0.0883. The van der Waals surface area contributed by atoms with E-state index in [0.717, 1.165) is 11.4 Å². The van der Waals surface area contributed by atoms with Crippen LogP contribution in [0.15, 0.2) is 42.6 Å². The van der Waals surface area contributed by atoms with Gasteiger partial charge >= 0.3 is 0 Å². The van der Waals surface area contributed by atoms with Crippen molar-refractivity contribution >= 4 is 0 Å². The maximum absolute atomic E-state index is 14.6. The van der Waals surface area contributed by atoms with Gasteiger partial charge in [-0.25, -0.2) is 13.5 Å². The Hall–Kier alpha value is -3.07. The molecule has 0 spiro atoms. The fourth-order valence-electron chi connectivity index (χ4n) is 5.12. The van der Waals surface area contributed by atoms with Crippen LogP contribution in [0.2, 0.25) is 0 Å². The highest BCUT2D eigenvalue weighted by molar-refractivity contribution is 5.68. The monoisotopic (exact) mass is 425 g/mol. The predicted octanol–water partition coefficient (Wildman–Crippen LogP) is 2.90. The summed E-state index contributed by atoms with van der Waals surface area (Å²) >= 11 is 0. The minimum atomic E-state index is -1.73. The Morgan fingerprint density at radius 1 is 1.19 bits per heavy atom. The van der Waals surface area contributed by atoms with E-state index in [1.165, 1.54) is 0 Å². The molecule has 4 heterocycles. The molecule has 2 aliphatic heterocycles. The number of hydrogen-bond acceptors (Lipinski definition) is 6. The average molecular weight is 425 g/mol. The third-order valence-corrected chi connectivity index (χ3v) is 6.71. The van der Waals surface area contributed by atoms with Crippen molar-refractivity contribution in [2.24, 2.45) is 5.92 Å². The van der Waals surface area contributed by atoms with E-state index in [1.807, 2.05) is 25.3 Å². The molecule has 3 fully saturated rings. The Morgan fingerprint density at radius 2 is 2.06 bits per heavy atom. The van der Waals surface area contributed by atoms with Crippen molar-refractivity contribution in [2.45, 2.75) is 49.8 Å². The van der Waals surface area contributed by atoms with Gasteiger partial charge in [0, 0.05) is 54.7 Å². The number of alkyl halides is 2. The van der Waals surface area contributed by atoms with Crippen LogP contribution >= 0.6 is 0 Å². The number of nitrogens with one attached hydrogen (secondary N) is 1. The number of rotatable bonds is 4. The molecule has 1 aliphatic carbocycles.